The minimum atomic E-state index is 0.590. The molecular formula is C14H30N2O2. The molecule has 1 fully saturated rings. The second kappa shape index (κ2) is 9.73. The molecule has 0 aromatic heterocycles. The number of likely N-dealkylation sites (tertiary alicyclic amines) is 1. The smallest absolute Gasteiger partial charge is 0.0700 e. The number of rotatable bonds is 9. The van der Waals surface area contributed by atoms with Gasteiger partial charge in [-0.2, -0.15) is 0 Å². The first-order valence-electron chi connectivity index (χ1n) is 7.27. The van der Waals surface area contributed by atoms with Gasteiger partial charge < -0.3 is 19.7 Å². The molecule has 0 aromatic carbocycles. The molecule has 0 radical (unpaired) electrons. The molecular weight excluding hydrogens is 228 g/mol. The molecule has 1 aliphatic rings. The van der Waals surface area contributed by atoms with Gasteiger partial charge in [-0.1, -0.05) is 13.8 Å². The van der Waals surface area contributed by atoms with E-state index in [1.807, 2.05) is 0 Å². The van der Waals surface area contributed by atoms with E-state index in [4.69, 9.17) is 9.47 Å². The Balaban J connectivity index is 2.03. The van der Waals surface area contributed by atoms with Crippen molar-refractivity contribution in [2.45, 2.75) is 45.2 Å². The zero-order chi connectivity index (χ0) is 13.2. The van der Waals surface area contributed by atoms with Gasteiger partial charge >= 0.3 is 0 Å². The van der Waals surface area contributed by atoms with E-state index < -0.39 is 0 Å². The van der Waals surface area contributed by atoms with E-state index in [0.717, 1.165) is 19.6 Å². The van der Waals surface area contributed by atoms with Crippen LogP contribution in [0.4, 0.5) is 0 Å². The molecule has 1 rings (SSSR count). The normalized spacial score (nSPS) is 21.7. The average Bonchev–Trinajstić information content (AvgIpc) is 2.33. The van der Waals surface area contributed by atoms with E-state index in [1.54, 1.807) is 7.11 Å². The van der Waals surface area contributed by atoms with Gasteiger partial charge in [0.25, 0.3) is 0 Å². The Kier molecular flexibility index (Phi) is 8.59. The Morgan fingerprint density at radius 1 is 1.28 bits per heavy atom. The summed E-state index contributed by atoms with van der Waals surface area (Å²) >= 11 is 0. The maximum atomic E-state index is 5.49. The van der Waals surface area contributed by atoms with Crippen molar-refractivity contribution in [1.82, 2.24) is 10.2 Å². The van der Waals surface area contributed by atoms with Crippen LogP contribution >= 0.6 is 0 Å². The second-order valence-electron chi connectivity index (χ2n) is 5.42. The number of piperidine rings is 1. The van der Waals surface area contributed by atoms with Crippen molar-refractivity contribution in [3.8, 4) is 0 Å². The Labute approximate surface area is 112 Å². The largest absolute Gasteiger partial charge is 0.382 e. The van der Waals surface area contributed by atoms with Crippen LogP contribution in [0.25, 0.3) is 0 Å². The van der Waals surface area contributed by atoms with E-state index in [9.17, 15) is 0 Å². The van der Waals surface area contributed by atoms with Gasteiger partial charge in [0.05, 0.1) is 13.2 Å². The Morgan fingerprint density at radius 3 is 2.83 bits per heavy atom. The predicted octanol–water partition coefficient (Wildman–Crippen LogP) is 1.50. The SMILES string of the molecule is COCCOCCCN1CCCC(NC(C)C)C1. The first kappa shape index (κ1) is 15.9. The third-order valence-electron chi connectivity index (χ3n) is 3.27. The summed E-state index contributed by atoms with van der Waals surface area (Å²) in [6.45, 7) is 10.3. The van der Waals surface area contributed by atoms with Crippen LogP contribution in [-0.2, 0) is 9.47 Å². The first-order chi connectivity index (χ1) is 8.72. The van der Waals surface area contributed by atoms with Crippen molar-refractivity contribution in [3.05, 3.63) is 0 Å². The lowest BCUT2D eigenvalue weighted by molar-refractivity contribution is 0.0631. The number of hydrogen-bond acceptors (Lipinski definition) is 4. The van der Waals surface area contributed by atoms with E-state index in [-0.39, 0.29) is 0 Å². The number of ether oxygens (including phenoxy) is 2. The quantitative estimate of drug-likeness (QED) is 0.636. The van der Waals surface area contributed by atoms with E-state index >= 15 is 0 Å². The van der Waals surface area contributed by atoms with Gasteiger partial charge in [-0.15, -0.1) is 0 Å². The van der Waals surface area contributed by atoms with Crippen molar-refractivity contribution in [2.75, 3.05) is 46.6 Å². The maximum absolute atomic E-state index is 5.49. The highest BCUT2D eigenvalue weighted by Crippen LogP contribution is 2.11. The molecule has 0 saturated carbocycles. The van der Waals surface area contributed by atoms with Crippen molar-refractivity contribution in [3.63, 3.8) is 0 Å². The fourth-order valence-electron chi connectivity index (χ4n) is 2.50. The Morgan fingerprint density at radius 2 is 2.11 bits per heavy atom. The fraction of sp³-hybridized carbons (Fsp3) is 1.00. The van der Waals surface area contributed by atoms with Crippen LogP contribution in [0.15, 0.2) is 0 Å². The van der Waals surface area contributed by atoms with Crippen LogP contribution in [-0.4, -0.2) is 63.5 Å². The highest BCUT2D eigenvalue weighted by atomic mass is 16.5. The molecule has 1 atom stereocenters. The fourth-order valence-corrected chi connectivity index (χ4v) is 2.50. The van der Waals surface area contributed by atoms with Crippen LogP contribution in [0.3, 0.4) is 0 Å². The molecule has 1 N–H and O–H groups in total. The lowest BCUT2D eigenvalue weighted by Gasteiger charge is -2.34. The molecule has 4 heteroatoms. The summed E-state index contributed by atoms with van der Waals surface area (Å²) in [6, 6.07) is 1.26. The number of methoxy groups -OCH3 is 1. The summed E-state index contributed by atoms with van der Waals surface area (Å²) in [5.74, 6) is 0. The van der Waals surface area contributed by atoms with E-state index in [2.05, 4.69) is 24.1 Å². The molecule has 0 amide bonds. The topological polar surface area (TPSA) is 33.7 Å². The van der Waals surface area contributed by atoms with Gasteiger partial charge in [-0.25, -0.2) is 0 Å². The van der Waals surface area contributed by atoms with Crippen LogP contribution < -0.4 is 5.32 Å². The van der Waals surface area contributed by atoms with Crippen LogP contribution in [0.1, 0.15) is 33.1 Å². The number of nitrogens with one attached hydrogen (secondary N) is 1. The highest BCUT2D eigenvalue weighted by molar-refractivity contribution is 4.79. The summed E-state index contributed by atoms with van der Waals surface area (Å²) in [7, 11) is 1.71. The monoisotopic (exact) mass is 258 g/mol. The first-order valence-corrected chi connectivity index (χ1v) is 7.27. The molecule has 1 saturated heterocycles. The van der Waals surface area contributed by atoms with Crippen molar-refractivity contribution in [2.24, 2.45) is 0 Å². The molecule has 108 valence electrons. The molecule has 4 nitrogen and oxygen atoms in total. The van der Waals surface area contributed by atoms with Gasteiger partial charge in [0, 0.05) is 38.9 Å². The number of hydrogen-bond donors (Lipinski definition) is 1. The molecule has 18 heavy (non-hydrogen) atoms. The van der Waals surface area contributed by atoms with E-state index in [0.29, 0.717) is 25.3 Å². The van der Waals surface area contributed by atoms with Gasteiger partial charge in [-0.3, -0.25) is 0 Å². The summed E-state index contributed by atoms with van der Waals surface area (Å²) in [4.78, 5) is 2.56. The van der Waals surface area contributed by atoms with Crippen LogP contribution in [0.5, 0.6) is 0 Å². The summed E-state index contributed by atoms with van der Waals surface area (Å²) in [5, 5.41) is 3.64. The van der Waals surface area contributed by atoms with Crippen molar-refractivity contribution < 1.29 is 9.47 Å². The minimum absolute atomic E-state index is 0.590. The summed E-state index contributed by atoms with van der Waals surface area (Å²) in [5.41, 5.74) is 0. The summed E-state index contributed by atoms with van der Waals surface area (Å²) < 4.78 is 10.4. The minimum Gasteiger partial charge on any atom is -0.382 e. The van der Waals surface area contributed by atoms with Crippen molar-refractivity contribution in [1.29, 1.82) is 0 Å². The average molecular weight is 258 g/mol. The molecule has 1 unspecified atom stereocenters. The third-order valence-corrected chi connectivity index (χ3v) is 3.27. The van der Waals surface area contributed by atoms with Crippen LogP contribution in [0.2, 0.25) is 0 Å². The van der Waals surface area contributed by atoms with Crippen LogP contribution in [0, 0.1) is 0 Å². The molecule has 0 aromatic rings. The third kappa shape index (κ3) is 7.31. The predicted molar refractivity (Wildman–Crippen MR) is 75.0 cm³/mol. The Hall–Kier alpha value is -0.160. The molecule has 1 aliphatic heterocycles. The lowest BCUT2D eigenvalue weighted by Crippen LogP contribution is -2.48. The van der Waals surface area contributed by atoms with Gasteiger partial charge in [-0.05, 0) is 25.8 Å². The molecule has 1 heterocycles. The highest BCUT2D eigenvalue weighted by Gasteiger charge is 2.19. The molecule has 0 bridgehead atoms. The maximum Gasteiger partial charge on any atom is 0.0700 e. The van der Waals surface area contributed by atoms with Gasteiger partial charge in [0.1, 0.15) is 0 Å². The van der Waals surface area contributed by atoms with E-state index in [1.165, 1.54) is 25.9 Å². The summed E-state index contributed by atoms with van der Waals surface area (Å²) in [6.07, 6.45) is 3.76. The zero-order valence-electron chi connectivity index (χ0n) is 12.3. The second-order valence-corrected chi connectivity index (χ2v) is 5.42. The molecule has 0 spiro atoms. The lowest BCUT2D eigenvalue weighted by atomic mass is 10.0. The number of nitrogens with zero attached hydrogens (tertiary/aromatic N) is 1. The Bertz CT molecular complexity index is 200. The van der Waals surface area contributed by atoms with Gasteiger partial charge in [0.2, 0.25) is 0 Å². The van der Waals surface area contributed by atoms with Crippen molar-refractivity contribution >= 4 is 0 Å². The standard InChI is InChI=1S/C14H30N2O2/c1-13(2)15-14-6-4-7-16(12-14)8-5-9-18-11-10-17-3/h13-15H,4-12H2,1-3H3. The molecule has 0 aliphatic carbocycles. The zero-order valence-corrected chi connectivity index (χ0v) is 12.3. The van der Waals surface area contributed by atoms with Gasteiger partial charge in [0.15, 0.2) is 0 Å².